The molecule has 3 aromatic rings. The summed E-state index contributed by atoms with van der Waals surface area (Å²) in [6, 6.07) is 13.5. The number of benzene rings is 2. The van der Waals surface area contributed by atoms with Crippen molar-refractivity contribution in [2.45, 2.75) is 20.8 Å². The topological polar surface area (TPSA) is 91.9 Å². The van der Waals surface area contributed by atoms with Gasteiger partial charge in [-0.2, -0.15) is 0 Å². The van der Waals surface area contributed by atoms with Crippen molar-refractivity contribution in [2.75, 3.05) is 0 Å². The Morgan fingerprint density at radius 2 is 1.64 bits per heavy atom. The van der Waals surface area contributed by atoms with Gasteiger partial charge in [-0.15, -0.1) is 0 Å². The number of aryl methyl sites for hydroxylation is 1. The highest BCUT2D eigenvalue weighted by Crippen LogP contribution is 2.25. The summed E-state index contributed by atoms with van der Waals surface area (Å²) in [4.78, 5) is 26.8. The molecular weight excluding hydrogens is 356 g/mol. The molecule has 0 amide bonds. The average Bonchev–Trinajstić information content (AvgIpc) is 2.94. The zero-order chi connectivity index (χ0) is 20.4. The van der Waals surface area contributed by atoms with E-state index in [1.807, 2.05) is 30.5 Å². The first-order chi connectivity index (χ1) is 13.3. The first-order valence-electron chi connectivity index (χ1n) is 8.69. The Bertz CT molecular complexity index is 1090. The Hall–Kier alpha value is -3.67. The summed E-state index contributed by atoms with van der Waals surface area (Å²) in [6.07, 6.45) is 1.73. The second-order valence-electron chi connectivity index (χ2n) is 6.53. The van der Waals surface area contributed by atoms with Crippen LogP contribution in [-0.4, -0.2) is 32.9 Å². The molecule has 142 valence electrons. The van der Waals surface area contributed by atoms with Crippen molar-refractivity contribution in [3.63, 3.8) is 0 Å². The highest BCUT2D eigenvalue weighted by molar-refractivity contribution is 5.91. The second-order valence-corrected chi connectivity index (χ2v) is 6.53. The van der Waals surface area contributed by atoms with Gasteiger partial charge >= 0.3 is 11.9 Å². The molecule has 0 atom stereocenters. The van der Waals surface area contributed by atoms with E-state index in [2.05, 4.69) is 4.99 Å². The monoisotopic (exact) mass is 376 g/mol. The van der Waals surface area contributed by atoms with Crippen molar-refractivity contribution in [2.24, 2.45) is 4.99 Å². The van der Waals surface area contributed by atoms with Crippen molar-refractivity contribution in [1.82, 2.24) is 4.57 Å². The number of carboxylic acids is 2. The third-order valence-corrected chi connectivity index (χ3v) is 4.71. The van der Waals surface area contributed by atoms with Gasteiger partial charge in [0, 0.05) is 28.9 Å². The van der Waals surface area contributed by atoms with E-state index < -0.39 is 11.9 Å². The molecule has 0 radical (unpaired) electrons. The maximum atomic E-state index is 11.4. The Morgan fingerprint density at radius 1 is 0.964 bits per heavy atom. The summed E-state index contributed by atoms with van der Waals surface area (Å²) in [7, 11) is 0. The minimum atomic E-state index is -0.974. The molecule has 28 heavy (non-hydrogen) atoms. The van der Waals surface area contributed by atoms with Crippen LogP contribution in [0.4, 0.5) is 5.69 Å². The van der Waals surface area contributed by atoms with E-state index in [1.54, 1.807) is 37.4 Å². The van der Waals surface area contributed by atoms with Crippen LogP contribution in [0.15, 0.2) is 53.5 Å². The summed E-state index contributed by atoms with van der Waals surface area (Å²) < 4.78 is 2.01. The van der Waals surface area contributed by atoms with Crippen molar-refractivity contribution >= 4 is 23.8 Å². The van der Waals surface area contributed by atoms with Gasteiger partial charge in [0.25, 0.3) is 0 Å². The number of hydrogen-bond acceptors (Lipinski definition) is 3. The fourth-order valence-corrected chi connectivity index (χ4v) is 3.22. The fourth-order valence-electron chi connectivity index (χ4n) is 3.22. The summed E-state index contributed by atoms with van der Waals surface area (Å²) >= 11 is 0. The molecule has 3 rings (SSSR count). The van der Waals surface area contributed by atoms with Crippen molar-refractivity contribution in [3.05, 3.63) is 82.2 Å². The van der Waals surface area contributed by atoms with E-state index in [1.165, 1.54) is 12.1 Å². The third kappa shape index (κ3) is 3.57. The fraction of sp³-hybridized carbons (Fsp3) is 0.136. The summed E-state index contributed by atoms with van der Waals surface area (Å²) in [5.74, 6) is -1.92. The average molecular weight is 376 g/mol. The molecule has 0 fully saturated rings. The number of aliphatic imine (C=N–C) groups is 1. The number of carboxylic acid groups (broad SMARTS) is 2. The number of rotatable bonds is 5. The zero-order valence-corrected chi connectivity index (χ0v) is 15.8. The van der Waals surface area contributed by atoms with Crippen molar-refractivity contribution in [3.8, 4) is 5.69 Å². The largest absolute Gasteiger partial charge is 0.478 e. The van der Waals surface area contributed by atoms with Gasteiger partial charge < -0.3 is 14.8 Å². The molecule has 0 saturated heterocycles. The van der Waals surface area contributed by atoms with Crippen LogP contribution in [0.25, 0.3) is 5.69 Å². The van der Waals surface area contributed by atoms with Crippen LogP contribution in [0.2, 0.25) is 0 Å². The maximum Gasteiger partial charge on any atom is 0.336 e. The normalized spacial score (nSPS) is 11.1. The molecule has 6 heteroatoms. The number of aromatic carboxylic acids is 2. The third-order valence-electron chi connectivity index (χ3n) is 4.71. The number of hydrogen-bond donors (Lipinski definition) is 2. The smallest absolute Gasteiger partial charge is 0.336 e. The lowest BCUT2D eigenvalue weighted by Crippen LogP contribution is -2.07. The van der Waals surface area contributed by atoms with Crippen molar-refractivity contribution in [1.29, 1.82) is 0 Å². The van der Waals surface area contributed by atoms with Gasteiger partial charge in [0.1, 0.15) is 0 Å². The number of nitrogens with zero attached hydrogens (tertiary/aromatic N) is 2. The van der Waals surface area contributed by atoms with Crippen LogP contribution in [0.5, 0.6) is 0 Å². The lowest BCUT2D eigenvalue weighted by molar-refractivity contribution is 0.0685. The van der Waals surface area contributed by atoms with Gasteiger partial charge in [0.2, 0.25) is 0 Å². The highest BCUT2D eigenvalue weighted by Gasteiger charge is 2.15. The molecule has 1 aromatic heterocycles. The Kier molecular flexibility index (Phi) is 5.13. The van der Waals surface area contributed by atoms with Crippen LogP contribution >= 0.6 is 0 Å². The predicted molar refractivity (Wildman–Crippen MR) is 108 cm³/mol. The van der Waals surface area contributed by atoms with Gasteiger partial charge in [0.15, 0.2) is 0 Å². The van der Waals surface area contributed by atoms with Crippen LogP contribution < -0.4 is 0 Å². The van der Waals surface area contributed by atoms with Crippen molar-refractivity contribution < 1.29 is 19.8 Å². The summed E-state index contributed by atoms with van der Waals surface area (Å²) in [6.45, 7) is 5.71. The van der Waals surface area contributed by atoms with Crippen LogP contribution in [-0.2, 0) is 0 Å². The van der Waals surface area contributed by atoms with Gasteiger partial charge in [-0.1, -0.05) is 6.07 Å². The molecule has 0 spiro atoms. The maximum absolute atomic E-state index is 11.4. The second kappa shape index (κ2) is 7.52. The number of aromatic nitrogens is 1. The molecule has 2 aromatic carbocycles. The molecule has 1 heterocycles. The standard InChI is InChI=1S/C22H20N2O4/c1-13-11-17(12-23-18-9-7-16(8-10-18)21(25)26)15(3)24(13)20-6-4-5-19(14(20)2)22(27)28/h4-12H,1-3H3,(H,25,26)(H,27,28). The van der Waals surface area contributed by atoms with E-state index in [4.69, 9.17) is 5.11 Å². The quantitative estimate of drug-likeness (QED) is 0.639. The first kappa shape index (κ1) is 19.1. The van der Waals surface area contributed by atoms with Crippen LogP contribution in [0, 0.1) is 20.8 Å². The minimum absolute atomic E-state index is 0.214. The lowest BCUT2D eigenvalue weighted by atomic mass is 10.1. The Morgan fingerprint density at radius 3 is 2.25 bits per heavy atom. The molecule has 0 saturated carbocycles. The zero-order valence-electron chi connectivity index (χ0n) is 15.8. The molecule has 0 bridgehead atoms. The molecule has 0 aliphatic carbocycles. The van der Waals surface area contributed by atoms with Gasteiger partial charge in [-0.3, -0.25) is 4.99 Å². The Balaban J connectivity index is 1.98. The molecule has 0 aliphatic rings. The van der Waals surface area contributed by atoms with E-state index >= 15 is 0 Å². The van der Waals surface area contributed by atoms with Gasteiger partial charge in [0.05, 0.1) is 16.8 Å². The van der Waals surface area contributed by atoms with E-state index in [9.17, 15) is 14.7 Å². The van der Waals surface area contributed by atoms with Gasteiger partial charge in [-0.25, -0.2) is 9.59 Å². The van der Waals surface area contributed by atoms with E-state index in [-0.39, 0.29) is 11.1 Å². The van der Waals surface area contributed by atoms with E-state index in [0.717, 1.165) is 22.6 Å². The minimum Gasteiger partial charge on any atom is -0.478 e. The van der Waals surface area contributed by atoms with Gasteiger partial charge in [-0.05, 0) is 68.8 Å². The molecular formula is C22H20N2O4. The molecule has 0 unspecified atom stereocenters. The Labute approximate surface area is 162 Å². The lowest BCUT2D eigenvalue weighted by Gasteiger charge is -2.14. The molecule has 0 aliphatic heterocycles. The highest BCUT2D eigenvalue weighted by atomic mass is 16.4. The summed E-state index contributed by atoms with van der Waals surface area (Å²) in [5, 5.41) is 18.3. The molecule has 2 N–H and O–H groups in total. The summed E-state index contributed by atoms with van der Waals surface area (Å²) in [5.41, 5.74) is 5.47. The SMILES string of the molecule is Cc1c(C(=O)O)cccc1-n1c(C)cc(C=Nc2ccc(C(=O)O)cc2)c1C. The molecule has 6 nitrogen and oxygen atoms in total. The van der Waals surface area contributed by atoms with Crippen LogP contribution in [0.1, 0.15) is 43.2 Å². The van der Waals surface area contributed by atoms with E-state index in [0.29, 0.717) is 11.3 Å². The van der Waals surface area contributed by atoms with Crippen LogP contribution in [0.3, 0.4) is 0 Å². The predicted octanol–water partition coefficient (Wildman–Crippen LogP) is 4.55. The number of carbonyl (C=O) groups is 2. The first-order valence-corrected chi connectivity index (χ1v) is 8.69.